The van der Waals surface area contributed by atoms with Crippen LogP contribution < -0.4 is 21.9 Å². The Morgan fingerprint density at radius 3 is 2.73 bits per heavy atom. The molecule has 30 heavy (non-hydrogen) atoms. The molecule has 1 amide bonds. The van der Waals surface area contributed by atoms with Crippen LogP contribution in [0.5, 0.6) is 0 Å². The average Bonchev–Trinajstić information content (AvgIpc) is 3.19. The Hall–Kier alpha value is -3.33. The van der Waals surface area contributed by atoms with Gasteiger partial charge in [0.05, 0.1) is 23.4 Å². The van der Waals surface area contributed by atoms with Crippen LogP contribution in [-0.4, -0.2) is 15.5 Å². The van der Waals surface area contributed by atoms with E-state index in [1.807, 2.05) is 6.92 Å². The third kappa shape index (κ3) is 4.30. The molecule has 3 aromatic rings. The van der Waals surface area contributed by atoms with Crippen LogP contribution in [0.25, 0.3) is 0 Å². The molecule has 0 aliphatic heterocycles. The summed E-state index contributed by atoms with van der Waals surface area (Å²) in [4.78, 5) is 41.5. The van der Waals surface area contributed by atoms with Gasteiger partial charge >= 0.3 is 5.69 Å². The number of anilines is 2. The Morgan fingerprint density at radius 1 is 1.33 bits per heavy atom. The van der Waals surface area contributed by atoms with E-state index >= 15 is 0 Å². The van der Waals surface area contributed by atoms with E-state index in [4.69, 9.17) is 21.8 Å². The van der Waals surface area contributed by atoms with E-state index in [0.717, 1.165) is 23.5 Å². The van der Waals surface area contributed by atoms with Crippen LogP contribution in [0.1, 0.15) is 35.9 Å². The first-order chi connectivity index (χ1) is 14.3. The van der Waals surface area contributed by atoms with Gasteiger partial charge < -0.3 is 10.2 Å². The Morgan fingerprint density at radius 2 is 2.10 bits per heavy atom. The van der Waals surface area contributed by atoms with Gasteiger partial charge in [0.1, 0.15) is 17.4 Å². The number of rotatable bonds is 7. The molecule has 0 fully saturated rings. The van der Waals surface area contributed by atoms with Gasteiger partial charge in [0.25, 0.3) is 11.5 Å². The Bertz CT molecular complexity index is 1170. The van der Waals surface area contributed by atoms with E-state index in [-0.39, 0.29) is 35.2 Å². The molecule has 0 atom stereocenters. The van der Waals surface area contributed by atoms with E-state index in [2.05, 4.69) is 4.98 Å². The fraction of sp³-hybridized carbons (Fsp3) is 0.250. The van der Waals surface area contributed by atoms with Gasteiger partial charge in [0.15, 0.2) is 5.69 Å². The molecular weight excluding hydrogens is 415 g/mol. The quantitative estimate of drug-likeness (QED) is 0.592. The highest BCUT2D eigenvalue weighted by molar-refractivity contribution is 6.34. The fourth-order valence-corrected chi connectivity index (χ4v) is 3.24. The number of nitrogens with zero attached hydrogens (tertiary/aromatic N) is 2. The number of halogens is 2. The summed E-state index contributed by atoms with van der Waals surface area (Å²) in [5.74, 6) is -1.10. The number of H-pyrrole nitrogens is 1. The normalized spacial score (nSPS) is 10.9. The predicted octanol–water partition coefficient (Wildman–Crippen LogP) is 3.15. The van der Waals surface area contributed by atoms with Crippen molar-refractivity contribution in [2.75, 3.05) is 10.6 Å². The van der Waals surface area contributed by atoms with E-state index in [1.54, 1.807) is 12.1 Å². The number of hydrogen-bond acceptors (Lipinski definition) is 5. The Balaban J connectivity index is 2.17. The minimum absolute atomic E-state index is 0.0327. The van der Waals surface area contributed by atoms with Gasteiger partial charge in [-0.15, -0.1) is 0 Å². The number of nitrogens with two attached hydrogens (primary N) is 1. The van der Waals surface area contributed by atoms with Crippen molar-refractivity contribution in [1.82, 2.24) is 9.55 Å². The van der Waals surface area contributed by atoms with Gasteiger partial charge in [-0.1, -0.05) is 24.9 Å². The fourth-order valence-electron chi connectivity index (χ4n) is 3.00. The molecule has 0 aliphatic rings. The van der Waals surface area contributed by atoms with Crippen molar-refractivity contribution in [1.29, 1.82) is 0 Å². The maximum absolute atomic E-state index is 13.4. The van der Waals surface area contributed by atoms with Crippen LogP contribution in [0.3, 0.4) is 0 Å². The van der Waals surface area contributed by atoms with Gasteiger partial charge in [-0.25, -0.2) is 9.18 Å². The lowest BCUT2D eigenvalue weighted by molar-refractivity contribution is 0.0983. The van der Waals surface area contributed by atoms with Gasteiger partial charge in [0.2, 0.25) is 0 Å². The largest absolute Gasteiger partial charge is 0.467 e. The first-order valence-electron chi connectivity index (χ1n) is 9.25. The second kappa shape index (κ2) is 9.00. The molecule has 0 unspecified atom stereocenters. The first-order valence-corrected chi connectivity index (χ1v) is 9.63. The zero-order valence-electron chi connectivity index (χ0n) is 16.2. The van der Waals surface area contributed by atoms with Crippen LogP contribution in [0.2, 0.25) is 5.02 Å². The average molecular weight is 435 g/mol. The topological polar surface area (TPSA) is 114 Å². The highest BCUT2D eigenvalue weighted by Crippen LogP contribution is 2.26. The van der Waals surface area contributed by atoms with E-state index in [0.29, 0.717) is 12.2 Å². The van der Waals surface area contributed by atoms with Crippen molar-refractivity contribution in [3.05, 3.63) is 79.6 Å². The zero-order valence-corrected chi connectivity index (χ0v) is 16.9. The molecule has 3 rings (SSSR count). The summed E-state index contributed by atoms with van der Waals surface area (Å²) >= 11 is 6.06. The molecule has 2 aromatic heterocycles. The summed E-state index contributed by atoms with van der Waals surface area (Å²) in [6, 6.07) is 6.53. The van der Waals surface area contributed by atoms with Crippen LogP contribution in [0, 0.1) is 5.82 Å². The smallest absolute Gasteiger partial charge is 0.330 e. The van der Waals surface area contributed by atoms with Gasteiger partial charge in [-0.3, -0.25) is 24.0 Å². The number of hydrogen-bond donors (Lipinski definition) is 2. The van der Waals surface area contributed by atoms with E-state index in [9.17, 15) is 18.8 Å². The maximum atomic E-state index is 13.4. The number of aromatic amines is 1. The summed E-state index contributed by atoms with van der Waals surface area (Å²) in [5, 5.41) is -0.126. The van der Waals surface area contributed by atoms with Crippen molar-refractivity contribution in [3.8, 4) is 0 Å². The SMILES string of the molecule is CCCCn1c(N)c(N(Cc2ccco2)C(=O)c2ccc(F)cc2Cl)c(=O)[nH]c1=O. The van der Waals surface area contributed by atoms with Crippen molar-refractivity contribution < 1.29 is 13.6 Å². The molecule has 158 valence electrons. The number of nitrogen functional groups attached to an aromatic ring is 1. The van der Waals surface area contributed by atoms with Crippen LogP contribution in [0.4, 0.5) is 15.9 Å². The molecule has 0 spiro atoms. The molecule has 2 heterocycles. The Kier molecular flexibility index (Phi) is 6.41. The van der Waals surface area contributed by atoms with Crippen LogP contribution in [0.15, 0.2) is 50.6 Å². The summed E-state index contributed by atoms with van der Waals surface area (Å²) in [6.45, 7) is 2.06. The number of aromatic nitrogens is 2. The highest BCUT2D eigenvalue weighted by atomic mass is 35.5. The minimum Gasteiger partial charge on any atom is -0.467 e. The number of carbonyl (C=O) groups is 1. The molecule has 0 radical (unpaired) electrons. The lowest BCUT2D eigenvalue weighted by Gasteiger charge is -2.24. The maximum Gasteiger partial charge on any atom is 0.330 e. The van der Waals surface area contributed by atoms with Crippen LogP contribution >= 0.6 is 11.6 Å². The molecule has 10 heteroatoms. The van der Waals surface area contributed by atoms with E-state index < -0.39 is 23.0 Å². The summed E-state index contributed by atoms with van der Waals surface area (Å²) in [6.07, 6.45) is 2.85. The number of furan rings is 1. The zero-order chi connectivity index (χ0) is 21.8. The summed E-state index contributed by atoms with van der Waals surface area (Å²) < 4.78 is 20.0. The molecular formula is C20H20ClFN4O4. The van der Waals surface area contributed by atoms with Crippen molar-refractivity contribution in [3.63, 3.8) is 0 Å². The van der Waals surface area contributed by atoms with E-state index in [1.165, 1.54) is 16.9 Å². The molecule has 0 aliphatic carbocycles. The number of carbonyl (C=O) groups excluding carboxylic acids is 1. The Labute approximate surface area is 175 Å². The predicted molar refractivity (Wildman–Crippen MR) is 111 cm³/mol. The van der Waals surface area contributed by atoms with Gasteiger partial charge in [-0.05, 0) is 36.8 Å². The lowest BCUT2D eigenvalue weighted by Crippen LogP contribution is -2.41. The van der Waals surface area contributed by atoms with Crippen LogP contribution in [-0.2, 0) is 13.1 Å². The molecule has 0 saturated heterocycles. The second-order valence-electron chi connectivity index (χ2n) is 6.59. The van der Waals surface area contributed by atoms with Crippen molar-refractivity contribution in [2.45, 2.75) is 32.9 Å². The number of amides is 1. The number of unbranched alkanes of at least 4 members (excludes halogenated alkanes) is 1. The standard InChI is InChI=1S/C20H20ClFN4O4/c1-2-3-8-25-17(23)16(18(27)24-20(25)29)26(11-13-5-4-9-30-13)19(28)14-7-6-12(22)10-15(14)21/h4-7,9-10H,2-3,8,11,23H2,1H3,(H,24,27,29). The molecule has 0 bridgehead atoms. The number of nitrogens with one attached hydrogen (secondary N) is 1. The molecule has 3 N–H and O–H groups in total. The van der Waals surface area contributed by atoms with Crippen molar-refractivity contribution >= 4 is 29.0 Å². The van der Waals surface area contributed by atoms with Gasteiger partial charge in [0, 0.05) is 6.54 Å². The number of benzene rings is 1. The lowest BCUT2D eigenvalue weighted by atomic mass is 10.1. The third-order valence-electron chi connectivity index (χ3n) is 4.52. The molecule has 8 nitrogen and oxygen atoms in total. The first kappa shape index (κ1) is 21.4. The minimum atomic E-state index is -0.830. The summed E-state index contributed by atoms with van der Waals surface area (Å²) in [7, 11) is 0. The molecule has 1 aromatic carbocycles. The van der Waals surface area contributed by atoms with Gasteiger partial charge in [-0.2, -0.15) is 0 Å². The second-order valence-corrected chi connectivity index (χ2v) is 7.00. The van der Waals surface area contributed by atoms with Crippen molar-refractivity contribution in [2.24, 2.45) is 0 Å². The summed E-state index contributed by atoms with van der Waals surface area (Å²) in [5.41, 5.74) is 4.41. The highest BCUT2D eigenvalue weighted by Gasteiger charge is 2.27. The molecule has 0 saturated carbocycles. The third-order valence-corrected chi connectivity index (χ3v) is 4.83. The monoisotopic (exact) mass is 434 g/mol.